The van der Waals surface area contributed by atoms with Crippen molar-refractivity contribution >= 4 is 27.7 Å². The van der Waals surface area contributed by atoms with Crippen LogP contribution in [0, 0.1) is 11.7 Å². The van der Waals surface area contributed by atoms with Gasteiger partial charge in [-0.2, -0.15) is 11.8 Å². The van der Waals surface area contributed by atoms with Gasteiger partial charge in [-0.1, -0.05) is 12.1 Å². The molecule has 2 aliphatic rings. The molecule has 2 aliphatic heterocycles. The molecule has 1 aromatic rings. The summed E-state index contributed by atoms with van der Waals surface area (Å²) in [5, 5.41) is 10.6. The standard InChI is InChI=1S/C16H20BrFO2S/c17-13-3-1-2-12(14(13)18)15(19)11-4-7-20-16(10-11)5-8-21-9-6-16/h1-3,11,15,19H,4-10H2. The summed E-state index contributed by atoms with van der Waals surface area (Å²) in [7, 11) is 0. The molecule has 0 radical (unpaired) electrons. The second-order valence-corrected chi connectivity index (χ2v) is 8.06. The van der Waals surface area contributed by atoms with E-state index in [-0.39, 0.29) is 17.3 Å². The first-order valence-corrected chi connectivity index (χ1v) is 9.40. The number of rotatable bonds is 2. The van der Waals surface area contributed by atoms with Crippen molar-refractivity contribution in [1.82, 2.24) is 0 Å². The number of aliphatic hydroxyl groups excluding tert-OH is 1. The highest BCUT2D eigenvalue weighted by Gasteiger charge is 2.41. The largest absolute Gasteiger partial charge is 0.388 e. The van der Waals surface area contributed by atoms with Crippen molar-refractivity contribution in [3.05, 3.63) is 34.1 Å². The number of ether oxygens (including phenoxy) is 1. The SMILES string of the molecule is OC(c1cccc(Br)c1F)C1CCOC2(CCSCC2)C1. The van der Waals surface area contributed by atoms with Crippen LogP contribution < -0.4 is 0 Å². The third kappa shape index (κ3) is 3.31. The predicted molar refractivity (Wildman–Crippen MR) is 87.0 cm³/mol. The van der Waals surface area contributed by atoms with Crippen LogP contribution in [0.25, 0.3) is 0 Å². The van der Waals surface area contributed by atoms with Crippen molar-refractivity contribution in [2.45, 2.75) is 37.4 Å². The van der Waals surface area contributed by atoms with E-state index in [4.69, 9.17) is 4.74 Å². The fourth-order valence-corrected chi connectivity index (χ4v) is 5.05. The summed E-state index contributed by atoms with van der Waals surface area (Å²) in [4.78, 5) is 0. The summed E-state index contributed by atoms with van der Waals surface area (Å²) in [6.45, 7) is 0.669. The molecule has 0 saturated carbocycles. The summed E-state index contributed by atoms with van der Waals surface area (Å²) >= 11 is 5.16. The Balaban J connectivity index is 1.78. The van der Waals surface area contributed by atoms with Crippen LogP contribution in [0.2, 0.25) is 0 Å². The van der Waals surface area contributed by atoms with E-state index in [1.165, 1.54) is 0 Å². The van der Waals surface area contributed by atoms with Crippen LogP contribution in [-0.2, 0) is 4.74 Å². The van der Waals surface area contributed by atoms with Gasteiger partial charge >= 0.3 is 0 Å². The van der Waals surface area contributed by atoms with Gasteiger partial charge in [-0.15, -0.1) is 0 Å². The molecule has 0 aliphatic carbocycles. The maximum absolute atomic E-state index is 14.2. The molecular weight excluding hydrogens is 355 g/mol. The van der Waals surface area contributed by atoms with E-state index in [0.29, 0.717) is 16.6 Å². The number of halogens is 2. The Morgan fingerprint density at radius 2 is 2.14 bits per heavy atom. The van der Waals surface area contributed by atoms with Crippen LogP contribution >= 0.6 is 27.7 Å². The minimum absolute atomic E-state index is 0.0747. The second kappa shape index (κ2) is 6.57. The van der Waals surface area contributed by atoms with Gasteiger partial charge in [0, 0.05) is 12.2 Å². The Morgan fingerprint density at radius 1 is 1.38 bits per heavy atom. The maximum atomic E-state index is 14.2. The molecule has 2 saturated heterocycles. The molecule has 0 bridgehead atoms. The molecule has 21 heavy (non-hydrogen) atoms. The Kier molecular flexibility index (Phi) is 4.94. The van der Waals surface area contributed by atoms with Crippen molar-refractivity contribution in [2.24, 2.45) is 5.92 Å². The lowest BCUT2D eigenvalue weighted by Gasteiger charge is -2.44. The quantitative estimate of drug-likeness (QED) is 0.835. The minimum Gasteiger partial charge on any atom is -0.388 e. The first-order chi connectivity index (χ1) is 10.1. The van der Waals surface area contributed by atoms with Crippen molar-refractivity contribution in [2.75, 3.05) is 18.1 Å². The molecule has 0 amide bonds. The molecule has 2 nitrogen and oxygen atoms in total. The van der Waals surface area contributed by atoms with Crippen LogP contribution in [-0.4, -0.2) is 28.8 Å². The lowest BCUT2D eigenvalue weighted by Crippen LogP contribution is -2.44. The molecule has 1 aromatic carbocycles. The third-order valence-electron chi connectivity index (χ3n) is 4.68. The predicted octanol–water partition coefficient (Wildman–Crippen LogP) is 4.31. The van der Waals surface area contributed by atoms with E-state index in [0.717, 1.165) is 37.2 Å². The molecule has 3 rings (SSSR count). The van der Waals surface area contributed by atoms with E-state index < -0.39 is 6.10 Å². The van der Waals surface area contributed by atoms with Crippen LogP contribution in [0.5, 0.6) is 0 Å². The molecule has 0 aromatic heterocycles. The van der Waals surface area contributed by atoms with Gasteiger partial charge in [0.2, 0.25) is 0 Å². The zero-order valence-corrected chi connectivity index (χ0v) is 14.3. The first-order valence-electron chi connectivity index (χ1n) is 7.45. The van der Waals surface area contributed by atoms with Crippen molar-refractivity contribution in [1.29, 1.82) is 0 Å². The first kappa shape index (κ1) is 15.8. The number of hydrogen-bond acceptors (Lipinski definition) is 3. The Hall–Kier alpha value is -0.100. The van der Waals surface area contributed by atoms with Gasteiger partial charge in [0.25, 0.3) is 0 Å². The maximum Gasteiger partial charge on any atom is 0.143 e. The van der Waals surface area contributed by atoms with E-state index in [2.05, 4.69) is 15.9 Å². The molecular formula is C16H20BrFO2S. The van der Waals surface area contributed by atoms with Crippen molar-refractivity contribution in [3.63, 3.8) is 0 Å². The van der Waals surface area contributed by atoms with Gasteiger partial charge in [0.1, 0.15) is 5.82 Å². The zero-order valence-electron chi connectivity index (χ0n) is 11.9. The number of thioether (sulfide) groups is 1. The molecule has 116 valence electrons. The topological polar surface area (TPSA) is 29.5 Å². The monoisotopic (exact) mass is 374 g/mol. The molecule has 2 fully saturated rings. The van der Waals surface area contributed by atoms with Crippen molar-refractivity contribution in [3.8, 4) is 0 Å². The van der Waals surface area contributed by atoms with Crippen LogP contribution in [0.1, 0.15) is 37.4 Å². The van der Waals surface area contributed by atoms with E-state index >= 15 is 0 Å². The number of hydrogen-bond donors (Lipinski definition) is 1. The molecule has 5 heteroatoms. The Bertz CT molecular complexity index is 500. The second-order valence-electron chi connectivity index (χ2n) is 5.98. The van der Waals surface area contributed by atoms with Gasteiger partial charge in [0.05, 0.1) is 16.2 Å². The van der Waals surface area contributed by atoms with E-state index in [9.17, 15) is 9.50 Å². The summed E-state index contributed by atoms with van der Waals surface area (Å²) < 4.78 is 20.7. The Labute approximate surface area is 137 Å². The summed E-state index contributed by atoms with van der Waals surface area (Å²) in [5.41, 5.74) is 0.314. The molecule has 2 atom stereocenters. The highest BCUT2D eigenvalue weighted by Crippen LogP contribution is 2.44. The summed E-state index contributed by atoms with van der Waals surface area (Å²) in [6.07, 6.45) is 2.96. The normalized spacial score (nSPS) is 26.7. The summed E-state index contributed by atoms with van der Waals surface area (Å²) in [5.74, 6) is 1.97. The molecule has 2 heterocycles. The Morgan fingerprint density at radius 3 is 2.90 bits per heavy atom. The lowest BCUT2D eigenvalue weighted by molar-refractivity contribution is -0.121. The lowest BCUT2D eigenvalue weighted by atomic mass is 9.78. The highest BCUT2D eigenvalue weighted by atomic mass is 79.9. The average Bonchev–Trinajstić information content (AvgIpc) is 2.50. The van der Waals surface area contributed by atoms with Gasteiger partial charge in [-0.05, 0) is 65.1 Å². The zero-order chi connectivity index (χ0) is 14.9. The van der Waals surface area contributed by atoms with E-state index in [1.807, 2.05) is 11.8 Å². The third-order valence-corrected chi connectivity index (χ3v) is 6.28. The van der Waals surface area contributed by atoms with Gasteiger partial charge < -0.3 is 9.84 Å². The summed E-state index contributed by atoms with van der Waals surface area (Å²) in [6, 6.07) is 5.12. The van der Waals surface area contributed by atoms with Crippen LogP contribution in [0.4, 0.5) is 4.39 Å². The van der Waals surface area contributed by atoms with Crippen LogP contribution in [0.3, 0.4) is 0 Å². The average molecular weight is 375 g/mol. The minimum atomic E-state index is -0.752. The smallest absolute Gasteiger partial charge is 0.143 e. The molecule has 1 N–H and O–H groups in total. The van der Waals surface area contributed by atoms with Crippen LogP contribution in [0.15, 0.2) is 22.7 Å². The van der Waals surface area contributed by atoms with E-state index in [1.54, 1.807) is 18.2 Å². The van der Waals surface area contributed by atoms with Gasteiger partial charge in [0.15, 0.2) is 0 Å². The van der Waals surface area contributed by atoms with Gasteiger partial charge in [-0.25, -0.2) is 4.39 Å². The number of aliphatic hydroxyl groups is 1. The molecule has 1 spiro atoms. The highest BCUT2D eigenvalue weighted by molar-refractivity contribution is 9.10. The van der Waals surface area contributed by atoms with Crippen molar-refractivity contribution < 1.29 is 14.2 Å². The fraction of sp³-hybridized carbons (Fsp3) is 0.625. The molecule has 2 unspecified atom stereocenters. The van der Waals surface area contributed by atoms with Gasteiger partial charge in [-0.3, -0.25) is 0 Å². The fourth-order valence-electron chi connectivity index (χ4n) is 3.43. The number of benzene rings is 1.